The van der Waals surface area contributed by atoms with Gasteiger partial charge in [-0.1, -0.05) is 58.8 Å². The average Bonchev–Trinajstić information content (AvgIpc) is 3.95. The Morgan fingerprint density at radius 1 is 0.538 bits per heavy atom. The number of H-pyrrole nitrogens is 2. The summed E-state index contributed by atoms with van der Waals surface area (Å²) in [7, 11) is 0. The summed E-state index contributed by atoms with van der Waals surface area (Å²) in [5, 5.41) is 34.2. The maximum Gasteiger partial charge on any atom is 0.416 e. The minimum absolute atomic E-state index is 0.00836. The summed E-state index contributed by atoms with van der Waals surface area (Å²) < 4.78 is 125. The fourth-order valence-electron chi connectivity index (χ4n) is 7.70. The summed E-state index contributed by atoms with van der Waals surface area (Å²) in [5.41, 5.74) is 11.0. The van der Waals surface area contributed by atoms with Gasteiger partial charge < -0.3 is 26.9 Å². The van der Waals surface area contributed by atoms with Gasteiger partial charge in [-0.3, -0.25) is 5.10 Å². The molecule has 0 fully saturated rings. The number of halogens is 9. The van der Waals surface area contributed by atoms with E-state index >= 15 is 4.39 Å². The van der Waals surface area contributed by atoms with Crippen molar-refractivity contribution in [2.75, 3.05) is 0 Å². The summed E-state index contributed by atoms with van der Waals surface area (Å²) in [4.78, 5) is 2.78. The molecule has 65 heavy (non-hydrogen) atoms. The van der Waals surface area contributed by atoms with Crippen LogP contribution in [-0.4, -0.2) is 37.3 Å². The summed E-state index contributed by atoms with van der Waals surface area (Å²) in [6.45, 7) is 0. The van der Waals surface area contributed by atoms with Crippen molar-refractivity contribution in [3.63, 3.8) is 0 Å². The van der Waals surface area contributed by atoms with Gasteiger partial charge >= 0.3 is 12.4 Å². The molecule has 2 heterocycles. The summed E-state index contributed by atoms with van der Waals surface area (Å²) in [6, 6.07) is 27.9. The van der Waals surface area contributed by atoms with Crippen LogP contribution in [0.5, 0.6) is 0 Å². The second kappa shape index (κ2) is 16.8. The molecule has 9 rings (SSSR count). The monoisotopic (exact) mass is 895 g/mol. The minimum Gasteiger partial charge on any atom is -0.409 e. The number of amidine groups is 2. The van der Waals surface area contributed by atoms with Crippen LogP contribution in [-0.2, 0) is 12.4 Å². The number of aromatic amines is 2. The Bertz CT molecular complexity index is 3330. The van der Waals surface area contributed by atoms with E-state index in [1.807, 2.05) is 42.5 Å². The highest BCUT2D eigenvalue weighted by molar-refractivity contribution is 6.12. The normalized spacial score (nSPS) is 12.5. The van der Waals surface area contributed by atoms with E-state index in [-0.39, 0.29) is 27.8 Å². The van der Waals surface area contributed by atoms with Gasteiger partial charge in [0.05, 0.1) is 22.8 Å². The first-order chi connectivity index (χ1) is 30.9. The van der Waals surface area contributed by atoms with Crippen LogP contribution in [0.3, 0.4) is 0 Å². The Morgan fingerprint density at radius 2 is 1.17 bits per heavy atom. The van der Waals surface area contributed by atoms with Gasteiger partial charge in [-0.15, -0.1) is 0 Å². The summed E-state index contributed by atoms with van der Waals surface area (Å²) in [5.74, 6) is -4.08. The Hall–Kier alpha value is -8.28. The first kappa shape index (κ1) is 43.4. The molecule has 0 unspecified atom stereocenters. The van der Waals surface area contributed by atoms with Crippen LogP contribution in [0, 0.1) is 17.5 Å². The molecule has 18 heteroatoms. The number of nitrogens with one attached hydrogen (secondary N) is 2. The van der Waals surface area contributed by atoms with E-state index in [1.165, 1.54) is 12.3 Å². The van der Waals surface area contributed by atoms with Crippen LogP contribution in [0.15, 0.2) is 144 Å². The molecule has 0 aliphatic carbocycles. The second-order valence-electron chi connectivity index (χ2n) is 14.6. The Balaban J connectivity index is 0.000000177. The lowest BCUT2D eigenvalue weighted by molar-refractivity contribution is -0.138. The number of fused-ring (bicyclic) bond motifs is 3. The molecule has 7 aromatic carbocycles. The van der Waals surface area contributed by atoms with Crippen molar-refractivity contribution in [2.45, 2.75) is 12.4 Å². The Morgan fingerprint density at radius 3 is 1.83 bits per heavy atom. The van der Waals surface area contributed by atoms with Gasteiger partial charge in [-0.05, 0) is 105 Å². The number of aromatic nitrogens is 3. The van der Waals surface area contributed by atoms with E-state index in [9.17, 15) is 40.3 Å². The van der Waals surface area contributed by atoms with E-state index < -0.39 is 58.2 Å². The van der Waals surface area contributed by atoms with Gasteiger partial charge in [0.15, 0.2) is 11.7 Å². The average molecular weight is 896 g/mol. The van der Waals surface area contributed by atoms with Crippen LogP contribution >= 0.6 is 0 Å². The first-order valence-electron chi connectivity index (χ1n) is 19.1. The van der Waals surface area contributed by atoms with Crippen molar-refractivity contribution in [1.29, 1.82) is 0 Å². The zero-order chi connectivity index (χ0) is 46.4. The molecule has 0 bridgehead atoms. The van der Waals surface area contributed by atoms with Crippen LogP contribution in [0.2, 0.25) is 0 Å². The fraction of sp³-hybridized carbons (Fsp3) is 0.0426. The lowest BCUT2D eigenvalue weighted by Crippen LogP contribution is -2.17. The highest BCUT2D eigenvalue weighted by Gasteiger charge is 2.35. The molecule has 0 atom stereocenters. The summed E-state index contributed by atoms with van der Waals surface area (Å²) in [6.07, 6.45) is -6.38. The van der Waals surface area contributed by atoms with Gasteiger partial charge in [0, 0.05) is 56.4 Å². The minimum atomic E-state index is -4.88. The summed E-state index contributed by atoms with van der Waals surface area (Å²) >= 11 is 0. The highest BCUT2D eigenvalue weighted by atomic mass is 19.4. The SMILES string of the molecule is NC(=NO)c1cc(C(F)(F)F)cc(-c2cc3cc[nH]c3cc2F)c1-c1cc(F)cc(F)c1.NC(=NO)c1cc(C(F)(F)F)cc(-c2ccc3[nH]ncc3c2)c1-c1cccc2ccccc12. The van der Waals surface area contributed by atoms with Crippen LogP contribution in [0.25, 0.3) is 77.1 Å². The molecule has 2 aromatic heterocycles. The predicted molar refractivity (Wildman–Crippen MR) is 229 cm³/mol. The molecule has 328 valence electrons. The van der Waals surface area contributed by atoms with E-state index in [0.717, 1.165) is 52.0 Å². The smallest absolute Gasteiger partial charge is 0.409 e. The molecule has 0 radical (unpaired) electrons. The molecule has 0 saturated heterocycles. The molecule has 0 aliphatic heterocycles. The zero-order valence-electron chi connectivity index (χ0n) is 33.0. The number of hydrogen-bond acceptors (Lipinski definition) is 5. The van der Waals surface area contributed by atoms with E-state index in [2.05, 4.69) is 25.5 Å². The van der Waals surface area contributed by atoms with E-state index in [0.29, 0.717) is 51.4 Å². The number of alkyl halides is 6. The first-order valence-corrected chi connectivity index (χ1v) is 19.1. The zero-order valence-corrected chi connectivity index (χ0v) is 33.0. The van der Waals surface area contributed by atoms with Gasteiger partial charge in [0.1, 0.15) is 17.5 Å². The molecule has 0 amide bonds. The van der Waals surface area contributed by atoms with Gasteiger partial charge in [0.25, 0.3) is 0 Å². The third kappa shape index (κ3) is 8.48. The molecule has 0 spiro atoms. The molecule has 0 aliphatic rings. The van der Waals surface area contributed by atoms with Crippen molar-refractivity contribution in [3.8, 4) is 44.5 Å². The predicted octanol–water partition coefficient (Wildman–Crippen LogP) is 12.2. The van der Waals surface area contributed by atoms with Crippen molar-refractivity contribution in [1.82, 2.24) is 15.2 Å². The van der Waals surface area contributed by atoms with Crippen LogP contribution < -0.4 is 11.5 Å². The molecule has 9 aromatic rings. The quantitative estimate of drug-likeness (QED) is 0.0321. The van der Waals surface area contributed by atoms with E-state index in [1.54, 1.807) is 30.5 Å². The Labute approximate surface area is 360 Å². The molecule has 0 saturated carbocycles. The van der Waals surface area contributed by atoms with E-state index in [4.69, 9.17) is 16.7 Å². The van der Waals surface area contributed by atoms with Gasteiger partial charge in [0.2, 0.25) is 0 Å². The maximum absolute atomic E-state index is 15.0. The number of oxime groups is 2. The molecule has 8 N–H and O–H groups in total. The number of nitrogens with zero attached hydrogens (tertiary/aromatic N) is 3. The molecular formula is C47H30F9N7O2. The third-order valence-electron chi connectivity index (χ3n) is 10.6. The van der Waals surface area contributed by atoms with Crippen molar-refractivity contribution in [3.05, 3.63) is 173 Å². The topological polar surface area (TPSA) is 162 Å². The number of rotatable bonds is 6. The van der Waals surface area contributed by atoms with Crippen LogP contribution in [0.1, 0.15) is 22.3 Å². The molecule has 9 nitrogen and oxygen atoms in total. The van der Waals surface area contributed by atoms with Crippen molar-refractivity contribution >= 4 is 44.2 Å². The lowest BCUT2D eigenvalue weighted by Gasteiger charge is -2.20. The van der Waals surface area contributed by atoms with Crippen molar-refractivity contribution in [2.24, 2.45) is 21.8 Å². The highest BCUT2D eigenvalue weighted by Crippen LogP contribution is 2.45. The largest absolute Gasteiger partial charge is 0.416 e. The van der Waals surface area contributed by atoms with Crippen molar-refractivity contribution < 1.29 is 49.9 Å². The second-order valence-corrected chi connectivity index (χ2v) is 14.6. The van der Waals surface area contributed by atoms with Gasteiger partial charge in [-0.25, -0.2) is 13.2 Å². The number of hydrogen-bond donors (Lipinski definition) is 6. The third-order valence-corrected chi connectivity index (χ3v) is 10.6. The number of nitrogens with two attached hydrogens (primary N) is 2. The fourth-order valence-corrected chi connectivity index (χ4v) is 7.70. The van der Waals surface area contributed by atoms with Crippen LogP contribution in [0.4, 0.5) is 39.5 Å². The Kier molecular flexibility index (Phi) is 11.2. The maximum atomic E-state index is 15.0. The standard InChI is InChI=1S/C25H17F3N4O.C22H13F6N3O/c26-25(27,28)17-11-20(15-8-9-22-16(10-15)13-30-31-22)23(21(12-17)24(29)32-33)19-7-3-5-14-4-1-2-6-18(14)19;23-13-3-11(4-14(24)8-13)20-16(15-5-10-1-2-30-19(10)9-18(15)25)6-12(22(26,27)28)7-17(20)21(29)31-32/h1-13,33H,(H2,29,32)(H,30,31);1-9,30,32H,(H2,29,31). The molecular weight excluding hydrogens is 866 g/mol. The van der Waals surface area contributed by atoms with Gasteiger partial charge in [-0.2, -0.15) is 31.4 Å². The lowest BCUT2D eigenvalue weighted by atomic mass is 9.86. The number of benzene rings is 7.